The lowest BCUT2D eigenvalue weighted by atomic mass is 9.89. The molecule has 5 nitrogen and oxygen atoms in total. The standard InChI is InChI=1S/C21H23N3O2/c1-14-12-15(8-9-19(14)24-10-4-5-11-24)22-21(26)17-13-20(25)23-18-7-3-2-6-16(17)18/h2-3,6-9,12,17H,4-5,10-11,13H2,1H3,(H,22,26)(H,23,25)/t17-/m0/s1. The number of carbonyl (C=O) groups is 2. The third kappa shape index (κ3) is 3.17. The van der Waals surface area contributed by atoms with Gasteiger partial charge in [-0.15, -0.1) is 0 Å². The number of fused-ring (bicyclic) bond motifs is 1. The maximum atomic E-state index is 12.8. The third-order valence-electron chi connectivity index (χ3n) is 5.23. The summed E-state index contributed by atoms with van der Waals surface area (Å²) in [6.45, 7) is 4.27. The Kier molecular flexibility index (Phi) is 4.37. The van der Waals surface area contributed by atoms with Crippen molar-refractivity contribution >= 4 is 28.9 Å². The molecule has 2 aliphatic heterocycles. The van der Waals surface area contributed by atoms with Crippen molar-refractivity contribution in [3.8, 4) is 0 Å². The summed E-state index contributed by atoms with van der Waals surface area (Å²) >= 11 is 0. The van der Waals surface area contributed by atoms with Crippen molar-refractivity contribution in [2.24, 2.45) is 0 Å². The molecule has 1 saturated heterocycles. The quantitative estimate of drug-likeness (QED) is 0.889. The second kappa shape index (κ2) is 6.83. The second-order valence-electron chi connectivity index (χ2n) is 7.08. The van der Waals surface area contributed by atoms with E-state index >= 15 is 0 Å². The van der Waals surface area contributed by atoms with Crippen molar-refractivity contribution in [2.75, 3.05) is 28.6 Å². The molecule has 4 rings (SSSR count). The van der Waals surface area contributed by atoms with Gasteiger partial charge >= 0.3 is 0 Å². The average molecular weight is 349 g/mol. The molecule has 5 heteroatoms. The maximum Gasteiger partial charge on any atom is 0.232 e. The fourth-order valence-electron chi connectivity index (χ4n) is 3.92. The highest BCUT2D eigenvalue weighted by Gasteiger charge is 2.30. The monoisotopic (exact) mass is 349 g/mol. The van der Waals surface area contributed by atoms with E-state index in [-0.39, 0.29) is 18.2 Å². The number of hydrogen-bond donors (Lipinski definition) is 2. The number of nitrogens with zero attached hydrogens (tertiary/aromatic N) is 1. The number of nitrogens with one attached hydrogen (secondary N) is 2. The Morgan fingerprint density at radius 2 is 1.92 bits per heavy atom. The number of carbonyl (C=O) groups excluding carboxylic acids is 2. The number of hydrogen-bond acceptors (Lipinski definition) is 3. The van der Waals surface area contributed by atoms with E-state index in [2.05, 4.69) is 28.5 Å². The molecule has 0 unspecified atom stereocenters. The molecule has 2 aromatic rings. The molecule has 134 valence electrons. The minimum absolute atomic E-state index is 0.121. The summed E-state index contributed by atoms with van der Waals surface area (Å²) in [4.78, 5) is 27.2. The summed E-state index contributed by atoms with van der Waals surface area (Å²) in [5, 5.41) is 5.83. The van der Waals surface area contributed by atoms with E-state index < -0.39 is 5.92 Å². The van der Waals surface area contributed by atoms with Gasteiger partial charge in [-0.1, -0.05) is 18.2 Å². The van der Waals surface area contributed by atoms with Crippen molar-refractivity contribution in [1.82, 2.24) is 0 Å². The third-order valence-corrected chi connectivity index (χ3v) is 5.23. The fourth-order valence-corrected chi connectivity index (χ4v) is 3.92. The van der Waals surface area contributed by atoms with Gasteiger partial charge < -0.3 is 15.5 Å². The number of aryl methyl sites for hydroxylation is 1. The van der Waals surface area contributed by atoms with Gasteiger partial charge in [-0.05, 0) is 55.2 Å². The van der Waals surface area contributed by atoms with Crippen LogP contribution in [0.2, 0.25) is 0 Å². The maximum absolute atomic E-state index is 12.8. The van der Waals surface area contributed by atoms with Crippen molar-refractivity contribution in [3.05, 3.63) is 53.6 Å². The summed E-state index contributed by atoms with van der Waals surface area (Å²) in [6.07, 6.45) is 2.65. The van der Waals surface area contributed by atoms with Crippen LogP contribution < -0.4 is 15.5 Å². The first kappa shape index (κ1) is 16.6. The lowest BCUT2D eigenvalue weighted by Gasteiger charge is -2.25. The van der Waals surface area contributed by atoms with Crippen LogP contribution in [-0.4, -0.2) is 24.9 Å². The van der Waals surface area contributed by atoms with Crippen LogP contribution in [0.3, 0.4) is 0 Å². The van der Waals surface area contributed by atoms with Crippen molar-refractivity contribution < 1.29 is 9.59 Å². The Balaban J connectivity index is 1.53. The lowest BCUT2D eigenvalue weighted by Crippen LogP contribution is -2.30. The number of para-hydroxylation sites is 1. The Bertz CT molecular complexity index is 856. The zero-order chi connectivity index (χ0) is 18.1. The molecule has 1 fully saturated rings. The van der Waals surface area contributed by atoms with E-state index in [1.165, 1.54) is 18.5 Å². The van der Waals surface area contributed by atoms with Gasteiger partial charge in [0.15, 0.2) is 0 Å². The molecule has 2 heterocycles. The minimum Gasteiger partial charge on any atom is -0.371 e. The van der Waals surface area contributed by atoms with E-state index in [4.69, 9.17) is 0 Å². The zero-order valence-corrected chi connectivity index (χ0v) is 14.9. The van der Waals surface area contributed by atoms with Gasteiger partial charge in [-0.2, -0.15) is 0 Å². The summed E-state index contributed by atoms with van der Waals surface area (Å²) in [5.74, 6) is -0.719. The normalized spacial score (nSPS) is 19.0. The molecule has 0 saturated carbocycles. The minimum atomic E-state index is -0.460. The predicted octanol–water partition coefficient (Wildman–Crippen LogP) is 3.66. The Hall–Kier alpha value is -2.82. The van der Waals surface area contributed by atoms with Gasteiger partial charge in [0.1, 0.15) is 0 Å². The molecule has 0 aromatic heterocycles. The Morgan fingerprint density at radius 3 is 2.69 bits per heavy atom. The summed E-state index contributed by atoms with van der Waals surface area (Å²) in [7, 11) is 0. The van der Waals surface area contributed by atoms with Crippen LogP contribution in [0, 0.1) is 6.92 Å². The highest BCUT2D eigenvalue weighted by atomic mass is 16.2. The lowest BCUT2D eigenvalue weighted by molar-refractivity contribution is -0.123. The van der Waals surface area contributed by atoms with Crippen LogP contribution >= 0.6 is 0 Å². The molecule has 2 N–H and O–H groups in total. The van der Waals surface area contributed by atoms with Gasteiger partial charge in [0.2, 0.25) is 11.8 Å². The van der Waals surface area contributed by atoms with Crippen LogP contribution in [-0.2, 0) is 9.59 Å². The Morgan fingerprint density at radius 1 is 1.15 bits per heavy atom. The molecule has 2 amide bonds. The Labute approximate surface area is 153 Å². The van der Waals surface area contributed by atoms with E-state index in [0.717, 1.165) is 35.6 Å². The number of rotatable bonds is 3. The molecule has 2 aromatic carbocycles. The molecule has 2 aliphatic rings. The van der Waals surface area contributed by atoms with E-state index in [9.17, 15) is 9.59 Å². The molecular weight excluding hydrogens is 326 g/mol. The zero-order valence-electron chi connectivity index (χ0n) is 14.9. The van der Waals surface area contributed by atoms with Gasteiger partial charge in [0, 0.05) is 36.6 Å². The predicted molar refractivity (Wildman–Crippen MR) is 104 cm³/mol. The van der Waals surface area contributed by atoms with Gasteiger partial charge in [-0.3, -0.25) is 9.59 Å². The number of benzene rings is 2. The first-order valence-corrected chi connectivity index (χ1v) is 9.17. The van der Waals surface area contributed by atoms with Crippen LogP contribution in [0.4, 0.5) is 17.1 Å². The second-order valence-corrected chi connectivity index (χ2v) is 7.08. The molecule has 0 radical (unpaired) electrons. The summed E-state index contributed by atoms with van der Waals surface area (Å²) in [6, 6.07) is 13.5. The van der Waals surface area contributed by atoms with E-state index in [1.807, 2.05) is 36.4 Å². The average Bonchev–Trinajstić information content (AvgIpc) is 3.15. The first-order chi connectivity index (χ1) is 12.6. The number of anilines is 3. The molecule has 0 bridgehead atoms. The smallest absolute Gasteiger partial charge is 0.232 e. The molecule has 26 heavy (non-hydrogen) atoms. The van der Waals surface area contributed by atoms with Crippen molar-refractivity contribution in [3.63, 3.8) is 0 Å². The largest absolute Gasteiger partial charge is 0.371 e. The van der Waals surface area contributed by atoms with Crippen LogP contribution in [0.25, 0.3) is 0 Å². The highest BCUT2D eigenvalue weighted by Crippen LogP contribution is 2.33. The summed E-state index contributed by atoms with van der Waals surface area (Å²) in [5.41, 5.74) is 4.77. The van der Waals surface area contributed by atoms with Crippen LogP contribution in [0.15, 0.2) is 42.5 Å². The summed E-state index contributed by atoms with van der Waals surface area (Å²) < 4.78 is 0. The molecule has 0 spiro atoms. The fraction of sp³-hybridized carbons (Fsp3) is 0.333. The topological polar surface area (TPSA) is 61.4 Å². The van der Waals surface area contributed by atoms with Crippen LogP contribution in [0.1, 0.15) is 36.3 Å². The first-order valence-electron chi connectivity index (χ1n) is 9.17. The van der Waals surface area contributed by atoms with Gasteiger partial charge in [-0.25, -0.2) is 0 Å². The van der Waals surface area contributed by atoms with Crippen molar-refractivity contribution in [1.29, 1.82) is 0 Å². The van der Waals surface area contributed by atoms with Crippen molar-refractivity contribution in [2.45, 2.75) is 32.1 Å². The van der Waals surface area contributed by atoms with Gasteiger partial charge in [0.25, 0.3) is 0 Å². The molecule has 0 aliphatic carbocycles. The molecular formula is C21H23N3O2. The molecule has 1 atom stereocenters. The van der Waals surface area contributed by atoms with Gasteiger partial charge in [0.05, 0.1) is 5.92 Å². The van der Waals surface area contributed by atoms with E-state index in [0.29, 0.717) is 0 Å². The van der Waals surface area contributed by atoms with E-state index in [1.54, 1.807) is 0 Å². The number of amides is 2. The van der Waals surface area contributed by atoms with Crippen LogP contribution in [0.5, 0.6) is 0 Å². The SMILES string of the molecule is Cc1cc(NC(=O)[C@H]2CC(=O)Nc3ccccc32)ccc1N1CCCC1. The highest BCUT2D eigenvalue weighted by molar-refractivity contribution is 6.05.